The average Bonchev–Trinajstić information content (AvgIpc) is 3.11. The number of rotatable bonds is 5. The predicted octanol–water partition coefficient (Wildman–Crippen LogP) is 4.86. The summed E-state index contributed by atoms with van der Waals surface area (Å²) in [6.07, 6.45) is 4.10. The van der Waals surface area contributed by atoms with Crippen LogP contribution in [0.5, 0.6) is 0 Å². The normalized spacial score (nSPS) is 12.0. The van der Waals surface area contributed by atoms with Gasteiger partial charge in [0, 0.05) is 18.1 Å². The maximum Gasteiger partial charge on any atom is 0.226 e. The van der Waals surface area contributed by atoms with Crippen molar-refractivity contribution in [2.24, 2.45) is 0 Å². The summed E-state index contributed by atoms with van der Waals surface area (Å²) in [6, 6.07) is 15.9. The van der Waals surface area contributed by atoms with Gasteiger partial charge < -0.3 is 9.88 Å². The van der Waals surface area contributed by atoms with Crippen molar-refractivity contribution in [1.82, 2.24) is 4.57 Å². The van der Waals surface area contributed by atoms with Gasteiger partial charge in [-0.2, -0.15) is 0 Å². The fourth-order valence-corrected chi connectivity index (χ4v) is 2.88. The number of amides is 1. The van der Waals surface area contributed by atoms with Gasteiger partial charge in [-0.1, -0.05) is 24.3 Å². The molecule has 128 valence electrons. The number of nitrogens with one attached hydrogen (secondary N) is 1. The van der Waals surface area contributed by atoms with Crippen molar-refractivity contribution >= 4 is 11.6 Å². The number of anilines is 1. The van der Waals surface area contributed by atoms with Crippen LogP contribution in [0.4, 0.5) is 10.1 Å². The van der Waals surface area contributed by atoms with Gasteiger partial charge in [-0.15, -0.1) is 0 Å². The molecule has 0 spiro atoms. The third-order valence-corrected chi connectivity index (χ3v) is 4.29. The van der Waals surface area contributed by atoms with Gasteiger partial charge >= 0.3 is 0 Å². The van der Waals surface area contributed by atoms with E-state index in [1.165, 1.54) is 12.1 Å². The van der Waals surface area contributed by atoms with E-state index in [9.17, 15) is 9.18 Å². The van der Waals surface area contributed by atoms with E-state index in [0.717, 1.165) is 22.4 Å². The van der Waals surface area contributed by atoms with E-state index >= 15 is 0 Å². The van der Waals surface area contributed by atoms with E-state index in [1.807, 2.05) is 61.1 Å². The smallest absolute Gasteiger partial charge is 0.226 e. The Morgan fingerprint density at radius 1 is 1.08 bits per heavy atom. The van der Waals surface area contributed by atoms with E-state index in [2.05, 4.69) is 5.32 Å². The second kappa shape index (κ2) is 7.34. The first-order chi connectivity index (χ1) is 12.0. The first-order valence-corrected chi connectivity index (χ1v) is 8.28. The van der Waals surface area contributed by atoms with Gasteiger partial charge in [0.2, 0.25) is 5.91 Å². The van der Waals surface area contributed by atoms with Crippen LogP contribution >= 0.6 is 0 Å². The number of aromatic nitrogens is 1. The number of aryl methyl sites for hydroxylation is 2. The van der Waals surface area contributed by atoms with Crippen molar-refractivity contribution in [2.45, 2.75) is 26.3 Å². The first kappa shape index (κ1) is 17.0. The quantitative estimate of drug-likeness (QED) is 0.709. The molecule has 3 nitrogen and oxygen atoms in total. The van der Waals surface area contributed by atoms with Gasteiger partial charge in [0.05, 0.1) is 12.5 Å². The van der Waals surface area contributed by atoms with Crippen LogP contribution in [0.2, 0.25) is 0 Å². The van der Waals surface area contributed by atoms with Gasteiger partial charge in [-0.25, -0.2) is 4.39 Å². The zero-order valence-electron chi connectivity index (χ0n) is 14.4. The van der Waals surface area contributed by atoms with Gasteiger partial charge in [0.25, 0.3) is 0 Å². The first-order valence-electron chi connectivity index (χ1n) is 8.28. The fraction of sp³-hybridized carbons (Fsp3) is 0.190. The Morgan fingerprint density at radius 2 is 1.76 bits per heavy atom. The lowest BCUT2D eigenvalue weighted by Gasteiger charge is -2.20. The number of hydrogen-bond donors (Lipinski definition) is 1. The monoisotopic (exact) mass is 336 g/mol. The van der Waals surface area contributed by atoms with Crippen LogP contribution in [0.1, 0.15) is 29.2 Å². The van der Waals surface area contributed by atoms with E-state index in [0.29, 0.717) is 0 Å². The summed E-state index contributed by atoms with van der Waals surface area (Å²) in [5, 5.41) is 3.00. The molecule has 0 aliphatic heterocycles. The van der Waals surface area contributed by atoms with Crippen molar-refractivity contribution in [3.63, 3.8) is 0 Å². The highest BCUT2D eigenvalue weighted by Crippen LogP contribution is 2.24. The van der Waals surface area contributed by atoms with Gasteiger partial charge in [0.1, 0.15) is 5.82 Å². The lowest BCUT2D eigenvalue weighted by Crippen LogP contribution is -2.20. The summed E-state index contributed by atoms with van der Waals surface area (Å²) in [4.78, 5) is 12.6. The number of halogens is 1. The predicted molar refractivity (Wildman–Crippen MR) is 98.1 cm³/mol. The van der Waals surface area contributed by atoms with Crippen LogP contribution in [-0.2, 0) is 4.79 Å². The molecule has 1 N–H and O–H groups in total. The number of carbonyl (C=O) groups excluding carboxylic acids is 1. The Morgan fingerprint density at radius 3 is 2.44 bits per heavy atom. The zero-order chi connectivity index (χ0) is 17.8. The number of hydrogen-bond acceptors (Lipinski definition) is 1. The Kier molecular flexibility index (Phi) is 4.98. The standard InChI is InChI=1S/C21H21FN2O/c1-15-5-6-16(2)19(13-15)23-21(25)14-20(24-11-3-4-12-24)17-7-9-18(22)10-8-17/h3-13,20H,14H2,1-2H3,(H,23,25). The van der Waals surface area contributed by atoms with Gasteiger partial charge in [-0.3, -0.25) is 4.79 Å². The molecule has 2 aromatic carbocycles. The van der Waals surface area contributed by atoms with Crippen molar-refractivity contribution in [3.05, 3.63) is 89.5 Å². The molecule has 0 saturated carbocycles. The summed E-state index contributed by atoms with van der Waals surface area (Å²) in [6.45, 7) is 3.97. The number of nitrogens with zero attached hydrogens (tertiary/aromatic N) is 1. The molecule has 0 saturated heterocycles. The molecule has 1 atom stereocenters. The number of benzene rings is 2. The number of carbonyl (C=O) groups is 1. The molecule has 3 rings (SSSR count). The Labute approximate surface area is 147 Å². The van der Waals surface area contributed by atoms with Gasteiger partial charge in [-0.05, 0) is 60.9 Å². The highest BCUT2D eigenvalue weighted by Gasteiger charge is 2.18. The maximum atomic E-state index is 13.2. The lowest BCUT2D eigenvalue weighted by atomic mass is 10.0. The zero-order valence-corrected chi connectivity index (χ0v) is 14.4. The van der Waals surface area contributed by atoms with E-state index < -0.39 is 0 Å². The third kappa shape index (κ3) is 4.15. The summed E-state index contributed by atoms with van der Waals surface area (Å²) < 4.78 is 15.2. The minimum atomic E-state index is -0.283. The molecule has 3 aromatic rings. The highest BCUT2D eigenvalue weighted by atomic mass is 19.1. The molecule has 0 radical (unpaired) electrons. The van der Waals surface area contributed by atoms with Crippen LogP contribution in [0.15, 0.2) is 67.0 Å². The topological polar surface area (TPSA) is 34.0 Å². The average molecular weight is 336 g/mol. The maximum absolute atomic E-state index is 13.2. The van der Waals surface area contributed by atoms with Crippen LogP contribution in [0.25, 0.3) is 0 Å². The molecule has 4 heteroatoms. The van der Waals surface area contributed by atoms with Crippen molar-refractivity contribution in [1.29, 1.82) is 0 Å². The van der Waals surface area contributed by atoms with E-state index in [-0.39, 0.29) is 24.2 Å². The molecule has 1 amide bonds. The molecular weight excluding hydrogens is 315 g/mol. The molecule has 0 bridgehead atoms. The lowest BCUT2D eigenvalue weighted by molar-refractivity contribution is -0.116. The second-order valence-electron chi connectivity index (χ2n) is 6.27. The van der Waals surface area contributed by atoms with Crippen molar-refractivity contribution in [3.8, 4) is 0 Å². The summed E-state index contributed by atoms with van der Waals surface area (Å²) in [5.74, 6) is -0.355. The van der Waals surface area contributed by atoms with Crippen molar-refractivity contribution < 1.29 is 9.18 Å². The Hall–Kier alpha value is -2.88. The van der Waals surface area contributed by atoms with E-state index in [1.54, 1.807) is 12.1 Å². The largest absolute Gasteiger partial charge is 0.346 e. The molecule has 1 heterocycles. The van der Waals surface area contributed by atoms with Crippen LogP contribution in [0.3, 0.4) is 0 Å². The highest BCUT2D eigenvalue weighted by molar-refractivity contribution is 5.92. The van der Waals surface area contributed by atoms with Crippen LogP contribution < -0.4 is 5.32 Å². The minimum absolute atomic E-state index is 0.0725. The summed E-state index contributed by atoms with van der Waals surface area (Å²) >= 11 is 0. The molecule has 0 aliphatic rings. The Bertz CT molecular complexity index is 854. The molecule has 25 heavy (non-hydrogen) atoms. The minimum Gasteiger partial charge on any atom is -0.346 e. The summed E-state index contributed by atoms with van der Waals surface area (Å²) in [7, 11) is 0. The SMILES string of the molecule is Cc1ccc(C)c(NC(=O)CC(c2ccc(F)cc2)n2cccc2)c1. The second-order valence-corrected chi connectivity index (χ2v) is 6.27. The third-order valence-electron chi connectivity index (χ3n) is 4.29. The van der Waals surface area contributed by atoms with Crippen LogP contribution in [-0.4, -0.2) is 10.5 Å². The van der Waals surface area contributed by atoms with Crippen LogP contribution in [0, 0.1) is 19.7 Å². The summed E-state index contributed by atoms with van der Waals surface area (Å²) in [5.41, 5.74) is 3.85. The molecular formula is C21H21FN2O. The Balaban J connectivity index is 1.81. The molecule has 1 unspecified atom stereocenters. The fourth-order valence-electron chi connectivity index (χ4n) is 2.88. The van der Waals surface area contributed by atoms with Gasteiger partial charge in [0.15, 0.2) is 0 Å². The molecule has 0 fully saturated rings. The van der Waals surface area contributed by atoms with E-state index in [4.69, 9.17) is 0 Å². The molecule has 0 aliphatic carbocycles. The van der Waals surface area contributed by atoms with Crippen molar-refractivity contribution in [2.75, 3.05) is 5.32 Å². The molecule has 1 aromatic heterocycles.